The quantitative estimate of drug-likeness (QED) is 0.631. The van der Waals surface area contributed by atoms with Crippen molar-refractivity contribution in [1.82, 2.24) is 14.8 Å². The first kappa shape index (κ1) is 17.9. The topological polar surface area (TPSA) is 56.7 Å². The maximum atomic E-state index is 13.6. The van der Waals surface area contributed by atoms with E-state index in [4.69, 9.17) is 28.9 Å². The molecule has 132 valence electrons. The van der Waals surface area contributed by atoms with Gasteiger partial charge in [-0.2, -0.15) is 0 Å². The third-order valence-corrected chi connectivity index (χ3v) is 4.51. The molecule has 0 aliphatic rings. The molecule has 1 aromatic carbocycles. The number of rotatable bonds is 3. The highest BCUT2D eigenvalue weighted by Gasteiger charge is 2.24. The highest BCUT2D eigenvalue weighted by atomic mass is 35.5. The molecule has 25 heavy (non-hydrogen) atoms. The van der Waals surface area contributed by atoms with Crippen LogP contribution < -0.4 is 5.73 Å². The minimum atomic E-state index is -2.70. The second kappa shape index (κ2) is 6.42. The van der Waals surface area contributed by atoms with Crippen LogP contribution in [0.3, 0.4) is 0 Å². The Morgan fingerprint density at radius 2 is 1.72 bits per heavy atom. The molecule has 2 N–H and O–H groups in total. The molecule has 0 saturated heterocycles. The first-order valence-electron chi connectivity index (χ1n) is 7.64. The summed E-state index contributed by atoms with van der Waals surface area (Å²) in [5.41, 5.74) is 7.80. The van der Waals surface area contributed by atoms with Crippen molar-refractivity contribution in [1.29, 1.82) is 0 Å². The van der Waals surface area contributed by atoms with Gasteiger partial charge in [0.2, 0.25) is 0 Å². The van der Waals surface area contributed by atoms with Crippen LogP contribution in [-0.2, 0) is 0 Å². The molecule has 3 aromatic rings. The van der Waals surface area contributed by atoms with E-state index in [2.05, 4.69) is 10.1 Å². The van der Waals surface area contributed by atoms with Crippen molar-refractivity contribution in [2.75, 3.05) is 5.73 Å². The van der Waals surface area contributed by atoms with Crippen molar-refractivity contribution in [3.8, 4) is 5.69 Å². The number of alkyl halides is 2. The Balaban J connectivity index is 2.36. The van der Waals surface area contributed by atoms with Crippen molar-refractivity contribution in [3.63, 3.8) is 0 Å². The molecule has 0 spiro atoms. The van der Waals surface area contributed by atoms with E-state index in [1.807, 2.05) is 20.8 Å². The van der Waals surface area contributed by atoms with Crippen molar-refractivity contribution in [3.05, 3.63) is 45.1 Å². The summed E-state index contributed by atoms with van der Waals surface area (Å²) in [6, 6.07) is 4.78. The number of pyridine rings is 1. The predicted molar refractivity (Wildman–Crippen MR) is 97.1 cm³/mol. The summed E-state index contributed by atoms with van der Waals surface area (Å²) in [6.07, 6.45) is -2.70. The van der Waals surface area contributed by atoms with E-state index in [1.165, 1.54) is 10.7 Å². The third kappa shape index (κ3) is 3.04. The second-order valence-corrected chi connectivity index (χ2v) is 6.98. The van der Waals surface area contributed by atoms with Gasteiger partial charge in [-0.25, -0.2) is 18.4 Å². The Hall–Kier alpha value is -1.92. The van der Waals surface area contributed by atoms with E-state index in [-0.39, 0.29) is 28.3 Å². The smallest absolute Gasteiger partial charge is 0.264 e. The number of fused-ring (bicyclic) bond motifs is 1. The van der Waals surface area contributed by atoms with E-state index < -0.39 is 6.43 Å². The molecular formula is C17H16Cl2F2N4. The molecule has 0 bridgehead atoms. The Morgan fingerprint density at radius 1 is 1.12 bits per heavy atom. The number of benzene rings is 1. The van der Waals surface area contributed by atoms with Gasteiger partial charge in [-0.3, -0.25) is 0 Å². The molecule has 0 aliphatic heterocycles. The van der Waals surface area contributed by atoms with Crippen LogP contribution >= 0.6 is 23.2 Å². The number of aromatic nitrogens is 3. The molecule has 8 heteroatoms. The van der Waals surface area contributed by atoms with E-state index in [1.54, 1.807) is 12.1 Å². The highest BCUT2D eigenvalue weighted by Crippen LogP contribution is 2.37. The third-order valence-electron chi connectivity index (χ3n) is 3.93. The average molecular weight is 385 g/mol. The first-order valence-corrected chi connectivity index (χ1v) is 8.39. The lowest BCUT2D eigenvalue weighted by Gasteiger charge is -2.10. The van der Waals surface area contributed by atoms with Gasteiger partial charge in [-0.05, 0) is 36.6 Å². The molecule has 3 rings (SSSR count). The van der Waals surface area contributed by atoms with Crippen molar-refractivity contribution in [2.45, 2.75) is 33.1 Å². The fourth-order valence-electron chi connectivity index (χ4n) is 2.69. The molecule has 0 aliphatic carbocycles. The number of halogens is 4. The molecular weight excluding hydrogens is 369 g/mol. The molecule has 0 radical (unpaired) electrons. The highest BCUT2D eigenvalue weighted by molar-refractivity contribution is 6.38. The first-order chi connectivity index (χ1) is 11.7. The number of nitrogens with zero attached hydrogens (tertiary/aromatic N) is 3. The number of nitrogen functional groups attached to an aromatic ring is 1. The Kier molecular flexibility index (Phi) is 4.60. The summed E-state index contributed by atoms with van der Waals surface area (Å²) in [5, 5.41) is 5.07. The number of hydrogen-bond acceptors (Lipinski definition) is 3. The molecule has 2 heterocycles. The Morgan fingerprint density at radius 3 is 2.24 bits per heavy atom. The number of anilines is 1. The molecule has 0 atom stereocenters. The summed E-state index contributed by atoms with van der Waals surface area (Å²) in [5.74, 6) is 0.000541. The van der Waals surface area contributed by atoms with Crippen LogP contribution in [0.15, 0.2) is 18.2 Å². The normalized spacial score (nSPS) is 11.9. The maximum absolute atomic E-state index is 13.6. The van der Waals surface area contributed by atoms with Gasteiger partial charge in [0.05, 0.1) is 15.4 Å². The van der Waals surface area contributed by atoms with E-state index in [0.29, 0.717) is 21.4 Å². The summed E-state index contributed by atoms with van der Waals surface area (Å²) >= 11 is 12.6. The standard InChI is InChI=1S/C17H16Cl2F2N4/c1-7(2)12-6-9(15(20)21)13-16(22)25(24-17(13)23-12)14-10(18)4-8(3)5-11(14)19/h4-7,15H,22H2,1-3H3. The number of aryl methyl sites for hydroxylation is 1. The Labute approximate surface area is 153 Å². The summed E-state index contributed by atoms with van der Waals surface area (Å²) in [7, 11) is 0. The minimum Gasteiger partial charge on any atom is -0.383 e. The molecule has 4 nitrogen and oxygen atoms in total. The van der Waals surface area contributed by atoms with Crippen LogP contribution in [0.1, 0.15) is 43.0 Å². The zero-order valence-corrected chi connectivity index (χ0v) is 15.3. The van der Waals surface area contributed by atoms with Crippen molar-refractivity contribution < 1.29 is 8.78 Å². The lowest BCUT2D eigenvalue weighted by molar-refractivity contribution is 0.153. The maximum Gasteiger partial charge on any atom is 0.264 e. The van der Waals surface area contributed by atoms with Crippen molar-refractivity contribution >= 4 is 40.1 Å². The lowest BCUT2D eigenvalue weighted by atomic mass is 10.1. The molecule has 0 amide bonds. The van der Waals surface area contributed by atoms with E-state index in [0.717, 1.165) is 5.56 Å². The lowest BCUT2D eigenvalue weighted by Crippen LogP contribution is -2.04. The van der Waals surface area contributed by atoms with Gasteiger partial charge >= 0.3 is 0 Å². The van der Waals surface area contributed by atoms with Gasteiger partial charge in [-0.1, -0.05) is 37.0 Å². The summed E-state index contributed by atoms with van der Waals surface area (Å²) in [4.78, 5) is 4.37. The number of hydrogen-bond donors (Lipinski definition) is 1. The van der Waals surface area contributed by atoms with E-state index in [9.17, 15) is 8.78 Å². The van der Waals surface area contributed by atoms with Crippen molar-refractivity contribution in [2.24, 2.45) is 0 Å². The summed E-state index contributed by atoms with van der Waals surface area (Å²) in [6.45, 7) is 5.59. The molecule has 0 unspecified atom stereocenters. The van der Waals surface area contributed by atoms with Crippen LogP contribution in [0.2, 0.25) is 10.0 Å². The second-order valence-electron chi connectivity index (χ2n) is 6.16. The minimum absolute atomic E-state index is 0.0279. The van der Waals surface area contributed by atoms with Crippen LogP contribution in [0.4, 0.5) is 14.6 Å². The van der Waals surface area contributed by atoms with Crippen LogP contribution in [0.5, 0.6) is 0 Å². The molecule has 2 aromatic heterocycles. The monoisotopic (exact) mass is 384 g/mol. The average Bonchev–Trinajstić information content (AvgIpc) is 2.82. The van der Waals surface area contributed by atoms with Gasteiger partial charge in [0, 0.05) is 11.3 Å². The van der Waals surface area contributed by atoms with Gasteiger partial charge in [0.25, 0.3) is 6.43 Å². The molecule has 0 saturated carbocycles. The van der Waals surface area contributed by atoms with Crippen LogP contribution in [0, 0.1) is 6.92 Å². The fraction of sp³-hybridized carbons (Fsp3) is 0.294. The molecule has 0 fully saturated rings. The SMILES string of the molecule is Cc1cc(Cl)c(-n2nc3nc(C(C)C)cc(C(F)F)c3c2N)c(Cl)c1. The fourth-order valence-corrected chi connectivity index (χ4v) is 3.45. The zero-order valence-electron chi connectivity index (χ0n) is 13.8. The van der Waals surface area contributed by atoms with Gasteiger partial charge < -0.3 is 5.73 Å². The van der Waals surface area contributed by atoms with Gasteiger partial charge in [0.1, 0.15) is 11.5 Å². The van der Waals surface area contributed by atoms with Gasteiger partial charge in [-0.15, -0.1) is 5.10 Å². The van der Waals surface area contributed by atoms with Gasteiger partial charge in [0.15, 0.2) is 5.65 Å². The largest absolute Gasteiger partial charge is 0.383 e. The summed E-state index contributed by atoms with van der Waals surface area (Å²) < 4.78 is 28.4. The van der Waals surface area contributed by atoms with Crippen LogP contribution in [-0.4, -0.2) is 14.8 Å². The number of nitrogens with two attached hydrogens (primary N) is 1. The van der Waals surface area contributed by atoms with E-state index >= 15 is 0 Å². The zero-order chi connectivity index (χ0) is 18.5. The van der Waals surface area contributed by atoms with Crippen LogP contribution in [0.25, 0.3) is 16.7 Å². The predicted octanol–water partition coefficient (Wildman–Crippen LogP) is 5.68. The Bertz CT molecular complexity index is 944.